The molecule has 0 radical (unpaired) electrons. The van der Waals surface area contributed by atoms with E-state index in [4.69, 9.17) is 5.84 Å². The molecule has 0 atom stereocenters. The lowest BCUT2D eigenvalue weighted by atomic mass is 10.2. The summed E-state index contributed by atoms with van der Waals surface area (Å²) in [7, 11) is 0. The van der Waals surface area contributed by atoms with Gasteiger partial charge in [0.25, 0.3) is 0 Å². The highest BCUT2D eigenvalue weighted by Crippen LogP contribution is 2.22. The van der Waals surface area contributed by atoms with E-state index in [0.717, 1.165) is 28.2 Å². The highest BCUT2D eigenvalue weighted by atomic mass is 79.9. The van der Waals surface area contributed by atoms with Crippen LogP contribution in [0.2, 0.25) is 0 Å². The standard InChI is InChI=1S/C13H16BrN5/c1-3-11-17-12(7-13(18-11)19-15)16-10-5-8(2)4-9(14)6-10/h4-7H,3,15H2,1-2H3,(H2,16,17,18,19). The largest absolute Gasteiger partial charge is 0.340 e. The average molecular weight is 322 g/mol. The monoisotopic (exact) mass is 321 g/mol. The van der Waals surface area contributed by atoms with E-state index in [1.807, 2.05) is 26.0 Å². The number of rotatable bonds is 4. The maximum atomic E-state index is 5.41. The highest BCUT2D eigenvalue weighted by Gasteiger charge is 2.04. The van der Waals surface area contributed by atoms with Crippen LogP contribution in [0.25, 0.3) is 0 Å². The summed E-state index contributed by atoms with van der Waals surface area (Å²) in [6, 6.07) is 7.87. The predicted octanol–water partition coefficient (Wildman–Crippen LogP) is 3.14. The smallest absolute Gasteiger partial charge is 0.145 e. The summed E-state index contributed by atoms with van der Waals surface area (Å²) < 4.78 is 1.02. The Bertz CT molecular complexity index is 543. The minimum atomic E-state index is 0.598. The summed E-state index contributed by atoms with van der Waals surface area (Å²) in [5.74, 6) is 7.47. The molecule has 0 aliphatic rings. The van der Waals surface area contributed by atoms with Crippen LogP contribution in [-0.2, 0) is 6.42 Å². The number of nitrogen functional groups attached to an aromatic ring is 1. The van der Waals surface area contributed by atoms with Gasteiger partial charge in [0.05, 0.1) is 0 Å². The van der Waals surface area contributed by atoms with Gasteiger partial charge < -0.3 is 10.7 Å². The number of hydrogen-bond donors (Lipinski definition) is 3. The summed E-state index contributed by atoms with van der Waals surface area (Å²) in [6.45, 7) is 4.04. The van der Waals surface area contributed by atoms with Crippen molar-refractivity contribution < 1.29 is 0 Å². The van der Waals surface area contributed by atoms with Gasteiger partial charge in [-0.2, -0.15) is 0 Å². The van der Waals surface area contributed by atoms with Crippen molar-refractivity contribution in [2.75, 3.05) is 10.7 Å². The second-order valence-electron chi connectivity index (χ2n) is 4.19. The Balaban J connectivity index is 2.31. The Labute approximate surface area is 120 Å². The average Bonchev–Trinajstić information content (AvgIpc) is 2.37. The molecule has 0 unspecified atom stereocenters. The first-order valence-electron chi connectivity index (χ1n) is 5.99. The van der Waals surface area contributed by atoms with Gasteiger partial charge >= 0.3 is 0 Å². The van der Waals surface area contributed by atoms with Crippen molar-refractivity contribution in [3.63, 3.8) is 0 Å². The molecule has 1 heterocycles. The molecule has 19 heavy (non-hydrogen) atoms. The van der Waals surface area contributed by atoms with Crippen LogP contribution < -0.4 is 16.6 Å². The number of benzene rings is 1. The van der Waals surface area contributed by atoms with Crippen LogP contribution in [-0.4, -0.2) is 9.97 Å². The second kappa shape index (κ2) is 5.99. The Morgan fingerprint density at radius 1 is 1.16 bits per heavy atom. The Morgan fingerprint density at radius 3 is 2.53 bits per heavy atom. The van der Waals surface area contributed by atoms with Crippen molar-refractivity contribution in [3.8, 4) is 0 Å². The Morgan fingerprint density at radius 2 is 1.89 bits per heavy atom. The molecule has 0 bridgehead atoms. The van der Waals surface area contributed by atoms with Gasteiger partial charge in [0, 0.05) is 22.6 Å². The molecule has 0 aliphatic heterocycles. The van der Waals surface area contributed by atoms with E-state index >= 15 is 0 Å². The van der Waals surface area contributed by atoms with Gasteiger partial charge in [0.2, 0.25) is 0 Å². The van der Waals surface area contributed by atoms with Crippen LogP contribution in [0, 0.1) is 6.92 Å². The third kappa shape index (κ3) is 3.65. The molecule has 0 saturated heterocycles. The van der Waals surface area contributed by atoms with Gasteiger partial charge in [-0.1, -0.05) is 22.9 Å². The number of aromatic nitrogens is 2. The van der Waals surface area contributed by atoms with Crippen molar-refractivity contribution in [2.45, 2.75) is 20.3 Å². The van der Waals surface area contributed by atoms with Crippen LogP contribution in [0.1, 0.15) is 18.3 Å². The quantitative estimate of drug-likeness (QED) is 0.595. The van der Waals surface area contributed by atoms with Crippen molar-refractivity contribution >= 4 is 33.3 Å². The molecule has 6 heteroatoms. The molecule has 0 spiro atoms. The van der Waals surface area contributed by atoms with Crippen LogP contribution in [0.4, 0.5) is 17.3 Å². The number of nitrogens with one attached hydrogen (secondary N) is 2. The number of nitrogens with zero attached hydrogens (tertiary/aromatic N) is 2. The number of hydrazine groups is 1. The zero-order valence-corrected chi connectivity index (χ0v) is 12.5. The summed E-state index contributed by atoms with van der Waals surface area (Å²) >= 11 is 3.48. The van der Waals surface area contributed by atoms with Crippen molar-refractivity contribution in [3.05, 3.63) is 40.1 Å². The van der Waals surface area contributed by atoms with E-state index in [2.05, 4.69) is 42.7 Å². The van der Waals surface area contributed by atoms with Crippen molar-refractivity contribution in [1.29, 1.82) is 0 Å². The van der Waals surface area contributed by atoms with Gasteiger partial charge in [-0.15, -0.1) is 0 Å². The molecule has 2 aromatic rings. The van der Waals surface area contributed by atoms with Crippen molar-refractivity contribution in [2.24, 2.45) is 5.84 Å². The third-order valence-electron chi connectivity index (χ3n) is 2.55. The zero-order valence-electron chi connectivity index (χ0n) is 10.9. The Hall–Kier alpha value is -1.66. The zero-order chi connectivity index (χ0) is 13.8. The van der Waals surface area contributed by atoms with E-state index in [1.54, 1.807) is 6.07 Å². The highest BCUT2D eigenvalue weighted by molar-refractivity contribution is 9.10. The lowest BCUT2D eigenvalue weighted by Gasteiger charge is -2.10. The van der Waals surface area contributed by atoms with Gasteiger partial charge in [-0.05, 0) is 30.7 Å². The van der Waals surface area contributed by atoms with Crippen LogP contribution >= 0.6 is 15.9 Å². The van der Waals surface area contributed by atoms with Crippen LogP contribution in [0.5, 0.6) is 0 Å². The van der Waals surface area contributed by atoms with E-state index in [1.165, 1.54) is 5.56 Å². The molecular weight excluding hydrogens is 306 g/mol. The molecule has 5 nitrogen and oxygen atoms in total. The molecular formula is C13H16BrN5. The third-order valence-corrected chi connectivity index (χ3v) is 3.01. The first-order chi connectivity index (χ1) is 9.10. The van der Waals surface area contributed by atoms with Crippen molar-refractivity contribution in [1.82, 2.24) is 9.97 Å². The topological polar surface area (TPSA) is 75.9 Å². The maximum Gasteiger partial charge on any atom is 0.145 e. The van der Waals surface area contributed by atoms with Crippen LogP contribution in [0.3, 0.4) is 0 Å². The van der Waals surface area contributed by atoms with Gasteiger partial charge in [-0.3, -0.25) is 0 Å². The number of nitrogens with two attached hydrogens (primary N) is 1. The molecule has 0 aliphatic carbocycles. The molecule has 1 aromatic carbocycles. The number of halogens is 1. The summed E-state index contributed by atoms with van der Waals surface area (Å²) in [5, 5.41) is 3.26. The SMILES string of the molecule is CCc1nc(NN)cc(Nc2cc(C)cc(Br)c2)n1. The molecule has 4 N–H and O–H groups in total. The van der Waals surface area contributed by atoms with Gasteiger partial charge in [0.15, 0.2) is 0 Å². The minimum Gasteiger partial charge on any atom is -0.340 e. The molecule has 2 rings (SSSR count). The number of aryl methyl sites for hydroxylation is 2. The minimum absolute atomic E-state index is 0.598. The number of anilines is 3. The summed E-state index contributed by atoms with van der Waals surface area (Å²) in [6.07, 6.45) is 0.752. The predicted molar refractivity (Wildman–Crippen MR) is 81.4 cm³/mol. The van der Waals surface area contributed by atoms with E-state index in [9.17, 15) is 0 Å². The van der Waals surface area contributed by atoms with E-state index in [0.29, 0.717) is 5.82 Å². The molecule has 0 saturated carbocycles. The fourth-order valence-electron chi connectivity index (χ4n) is 1.75. The lowest BCUT2D eigenvalue weighted by Crippen LogP contribution is -2.11. The summed E-state index contributed by atoms with van der Waals surface area (Å²) in [4.78, 5) is 8.67. The van der Waals surface area contributed by atoms with Gasteiger partial charge in [-0.25, -0.2) is 15.8 Å². The fourth-order valence-corrected chi connectivity index (χ4v) is 2.36. The molecule has 0 fully saturated rings. The van der Waals surface area contributed by atoms with E-state index in [-0.39, 0.29) is 0 Å². The number of hydrogen-bond acceptors (Lipinski definition) is 5. The normalized spacial score (nSPS) is 10.3. The lowest BCUT2D eigenvalue weighted by molar-refractivity contribution is 0.941. The molecule has 100 valence electrons. The first kappa shape index (κ1) is 13.8. The van der Waals surface area contributed by atoms with Gasteiger partial charge in [0.1, 0.15) is 17.5 Å². The molecule has 1 aromatic heterocycles. The first-order valence-corrected chi connectivity index (χ1v) is 6.79. The molecule has 0 amide bonds. The second-order valence-corrected chi connectivity index (χ2v) is 5.11. The summed E-state index contributed by atoms with van der Waals surface area (Å²) in [5.41, 5.74) is 4.68. The van der Waals surface area contributed by atoms with E-state index < -0.39 is 0 Å². The fraction of sp³-hybridized carbons (Fsp3) is 0.231. The maximum absolute atomic E-state index is 5.41. The Kier molecular flexibility index (Phi) is 4.34. The van der Waals surface area contributed by atoms with Crippen LogP contribution in [0.15, 0.2) is 28.7 Å².